The first-order chi connectivity index (χ1) is 5.40. The van der Waals surface area contributed by atoms with Crippen molar-refractivity contribution in [1.29, 1.82) is 0 Å². The van der Waals surface area contributed by atoms with E-state index in [2.05, 4.69) is 11.1 Å². The van der Waals surface area contributed by atoms with Gasteiger partial charge in [0.2, 0.25) is 0 Å². The SMILES string of the molecule is CCOc1cc2[nH]ccc2s1. The highest BCUT2D eigenvalue weighted by atomic mass is 32.1. The molecular weight excluding hydrogens is 158 g/mol. The quantitative estimate of drug-likeness (QED) is 0.730. The number of nitrogens with one attached hydrogen (secondary N) is 1. The van der Waals surface area contributed by atoms with Crippen LogP contribution in [0.5, 0.6) is 5.06 Å². The number of hydrogen-bond acceptors (Lipinski definition) is 2. The number of fused-ring (bicyclic) bond motifs is 1. The van der Waals surface area contributed by atoms with Gasteiger partial charge in [-0.1, -0.05) is 11.3 Å². The highest BCUT2D eigenvalue weighted by Crippen LogP contribution is 2.30. The van der Waals surface area contributed by atoms with Gasteiger partial charge in [-0.15, -0.1) is 0 Å². The topological polar surface area (TPSA) is 25.0 Å². The minimum absolute atomic E-state index is 0.739. The van der Waals surface area contributed by atoms with Crippen LogP contribution in [-0.4, -0.2) is 11.6 Å². The lowest BCUT2D eigenvalue weighted by molar-refractivity contribution is 0.350. The van der Waals surface area contributed by atoms with Crippen LogP contribution in [-0.2, 0) is 0 Å². The maximum atomic E-state index is 5.35. The largest absolute Gasteiger partial charge is 0.484 e. The van der Waals surface area contributed by atoms with E-state index in [1.807, 2.05) is 19.2 Å². The van der Waals surface area contributed by atoms with Crippen LogP contribution >= 0.6 is 11.3 Å². The first-order valence-corrected chi connectivity index (χ1v) is 4.41. The van der Waals surface area contributed by atoms with Crippen molar-refractivity contribution < 1.29 is 4.74 Å². The first kappa shape index (κ1) is 6.73. The Hall–Kier alpha value is -0.960. The Morgan fingerprint density at radius 2 is 2.55 bits per heavy atom. The van der Waals surface area contributed by atoms with Gasteiger partial charge in [0, 0.05) is 12.3 Å². The highest BCUT2D eigenvalue weighted by molar-refractivity contribution is 7.20. The fourth-order valence-corrected chi connectivity index (χ4v) is 1.97. The van der Waals surface area contributed by atoms with Crippen molar-refractivity contribution in [3.05, 3.63) is 18.3 Å². The lowest BCUT2D eigenvalue weighted by Crippen LogP contribution is -1.86. The van der Waals surface area contributed by atoms with Gasteiger partial charge in [-0.2, -0.15) is 0 Å². The second-order valence-corrected chi connectivity index (χ2v) is 3.30. The molecule has 3 heteroatoms. The lowest BCUT2D eigenvalue weighted by Gasteiger charge is -1.94. The van der Waals surface area contributed by atoms with E-state index in [9.17, 15) is 0 Å². The summed E-state index contributed by atoms with van der Waals surface area (Å²) in [6, 6.07) is 4.09. The molecule has 0 spiro atoms. The second-order valence-electron chi connectivity index (χ2n) is 2.25. The minimum atomic E-state index is 0.739. The Morgan fingerprint density at radius 1 is 1.64 bits per heavy atom. The van der Waals surface area contributed by atoms with Crippen molar-refractivity contribution in [2.45, 2.75) is 6.92 Å². The van der Waals surface area contributed by atoms with Gasteiger partial charge in [-0.25, -0.2) is 0 Å². The van der Waals surface area contributed by atoms with Crippen LogP contribution in [0.1, 0.15) is 6.92 Å². The molecule has 0 aromatic carbocycles. The molecule has 1 N–H and O–H groups in total. The number of H-pyrrole nitrogens is 1. The number of ether oxygens (including phenoxy) is 1. The Morgan fingerprint density at radius 3 is 3.27 bits per heavy atom. The van der Waals surface area contributed by atoms with Gasteiger partial charge in [-0.3, -0.25) is 0 Å². The number of thiophene rings is 1. The Labute approximate surface area is 68.8 Å². The van der Waals surface area contributed by atoms with E-state index < -0.39 is 0 Å². The van der Waals surface area contributed by atoms with Crippen LogP contribution in [0.3, 0.4) is 0 Å². The van der Waals surface area contributed by atoms with Crippen molar-refractivity contribution in [2.75, 3.05) is 6.61 Å². The van der Waals surface area contributed by atoms with Crippen LogP contribution in [0.25, 0.3) is 10.2 Å². The van der Waals surface area contributed by atoms with Crippen LogP contribution < -0.4 is 4.74 Å². The second kappa shape index (κ2) is 2.58. The minimum Gasteiger partial charge on any atom is -0.484 e. The Bertz CT molecular complexity index is 321. The van der Waals surface area contributed by atoms with Gasteiger partial charge in [0.1, 0.15) is 0 Å². The third kappa shape index (κ3) is 1.12. The van der Waals surface area contributed by atoms with Crippen molar-refractivity contribution in [3.8, 4) is 5.06 Å². The molecule has 0 saturated heterocycles. The normalized spacial score (nSPS) is 10.6. The van der Waals surface area contributed by atoms with Crippen molar-refractivity contribution >= 4 is 21.6 Å². The van der Waals surface area contributed by atoms with Crippen LogP contribution in [0.2, 0.25) is 0 Å². The van der Waals surface area contributed by atoms with E-state index >= 15 is 0 Å². The van der Waals surface area contributed by atoms with Crippen molar-refractivity contribution in [2.24, 2.45) is 0 Å². The third-order valence-electron chi connectivity index (χ3n) is 1.50. The molecule has 2 aromatic rings. The van der Waals surface area contributed by atoms with E-state index in [4.69, 9.17) is 4.74 Å². The molecule has 0 bridgehead atoms. The summed E-state index contributed by atoms with van der Waals surface area (Å²) in [7, 11) is 0. The van der Waals surface area contributed by atoms with Crippen LogP contribution in [0, 0.1) is 0 Å². The summed E-state index contributed by atoms with van der Waals surface area (Å²) in [6.07, 6.45) is 1.94. The number of rotatable bonds is 2. The fraction of sp³-hybridized carbons (Fsp3) is 0.250. The average Bonchev–Trinajstić information content (AvgIpc) is 2.46. The van der Waals surface area contributed by atoms with Gasteiger partial charge in [0.25, 0.3) is 0 Å². The molecular formula is C8H9NOS. The molecule has 2 rings (SSSR count). The zero-order chi connectivity index (χ0) is 7.68. The molecule has 0 aliphatic carbocycles. The number of aromatic amines is 1. The average molecular weight is 167 g/mol. The summed E-state index contributed by atoms with van der Waals surface area (Å²) >= 11 is 1.68. The van der Waals surface area contributed by atoms with Crippen LogP contribution in [0.15, 0.2) is 18.3 Å². The van der Waals surface area contributed by atoms with Crippen molar-refractivity contribution in [1.82, 2.24) is 4.98 Å². The molecule has 0 radical (unpaired) electrons. The molecule has 2 nitrogen and oxygen atoms in total. The highest BCUT2D eigenvalue weighted by Gasteiger charge is 2.00. The van der Waals surface area contributed by atoms with Gasteiger partial charge in [0.15, 0.2) is 5.06 Å². The predicted octanol–water partition coefficient (Wildman–Crippen LogP) is 2.63. The molecule has 0 saturated carbocycles. The van der Waals surface area contributed by atoms with E-state index in [1.165, 1.54) is 10.2 Å². The van der Waals surface area contributed by atoms with Crippen molar-refractivity contribution in [3.63, 3.8) is 0 Å². The van der Waals surface area contributed by atoms with Gasteiger partial charge < -0.3 is 9.72 Å². The number of hydrogen-bond donors (Lipinski definition) is 1. The van der Waals surface area contributed by atoms with E-state index in [-0.39, 0.29) is 0 Å². The van der Waals surface area contributed by atoms with Gasteiger partial charge >= 0.3 is 0 Å². The lowest BCUT2D eigenvalue weighted by atomic mass is 10.5. The molecule has 0 aliphatic heterocycles. The number of aromatic nitrogens is 1. The molecule has 0 fully saturated rings. The standard InChI is InChI=1S/C8H9NOS/c1-2-10-8-5-6-7(11-8)3-4-9-6/h3-5,9H,2H2,1H3. The third-order valence-corrected chi connectivity index (χ3v) is 2.51. The maximum Gasteiger partial charge on any atom is 0.176 e. The van der Waals surface area contributed by atoms with Gasteiger partial charge in [-0.05, 0) is 13.0 Å². The molecule has 2 heterocycles. The molecule has 11 heavy (non-hydrogen) atoms. The zero-order valence-electron chi connectivity index (χ0n) is 6.26. The monoisotopic (exact) mass is 167 g/mol. The van der Waals surface area contributed by atoms with Crippen LogP contribution in [0.4, 0.5) is 0 Å². The summed E-state index contributed by atoms with van der Waals surface area (Å²) in [4.78, 5) is 3.13. The smallest absolute Gasteiger partial charge is 0.176 e. The van der Waals surface area contributed by atoms with E-state index in [0.717, 1.165) is 11.7 Å². The molecule has 2 aromatic heterocycles. The van der Waals surface area contributed by atoms with E-state index in [0.29, 0.717) is 0 Å². The molecule has 0 aliphatic rings. The molecule has 0 amide bonds. The first-order valence-electron chi connectivity index (χ1n) is 3.60. The van der Waals surface area contributed by atoms with Gasteiger partial charge in [0.05, 0.1) is 16.8 Å². The summed E-state index contributed by atoms with van der Waals surface area (Å²) in [6.45, 7) is 2.73. The molecule has 0 unspecified atom stereocenters. The van der Waals surface area contributed by atoms with E-state index in [1.54, 1.807) is 11.3 Å². The summed E-state index contributed by atoms with van der Waals surface area (Å²) < 4.78 is 6.61. The summed E-state index contributed by atoms with van der Waals surface area (Å²) in [5, 5.41) is 0.995. The zero-order valence-corrected chi connectivity index (χ0v) is 7.07. The maximum absolute atomic E-state index is 5.35. The summed E-state index contributed by atoms with van der Waals surface area (Å²) in [5.74, 6) is 0. The Kier molecular flexibility index (Phi) is 1.58. The molecule has 58 valence electrons. The fourth-order valence-electron chi connectivity index (χ4n) is 1.04. The molecule has 0 atom stereocenters. The predicted molar refractivity (Wildman–Crippen MR) is 47.3 cm³/mol. The summed E-state index contributed by atoms with van der Waals surface area (Å²) in [5.41, 5.74) is 1.17. The Balaban J connectivity index is 2.42.